The molecule has 2 N–H and O–H groups in total. The van der Waals surface area contributed by atoms with Crippen LogP contribution in [-0.2, 0) is 6.54 Å². The Kier molecular flexibility index (Phi) is 4.92. The van der Waals surface area contributed by atoms with Crippen molar-refractivity contribution in [3.63, 3.8) is 0 Å². The molecule has 1 aliphatic heterocycles. The number of ether oxygens (including phenoxy) is 2. The Balaban J connectivity index is 1.81. The van der Waals surface area contributed by atoms with Crippen LogP contribution in [0.25, 0.3) is 10.8 Å². The Morgan fingerprint density at radius 2 is 1.87 bits per heavy atom. The molecular weight excluding hydrogens is 390 g/mol. The van der Waals surface area contributed by atoms with E-state index in [9.17, 15) is 5.11 Å². The first-order valence-electron chi connectivity index (χ1n) is 10.3. The molecule has 1 aliphatic rings. The van der Waals surface area contributed by atoms with Crippen LogP contribution in [0.5, 0.6) is 17.4 Å². The number of aliphatic hydroxyl groups excluding tert-OH is 1. The van der Waals surface area contributed by atoms with Gasteiger partial charge in [0.05, 0.1) is 18.6 Å². The molecule has 6 heteroatoms. The van der Waals surface area contributed by atoms with E-state index in [0.717, 1.165) is 33.4 Å². The summed E-state index contributed by atoms with van der Waals surface area (Å²) in [7, 11) is 1.66. The van der Waals surface area contributed by atoms with Crippen molar-refractivity contribution in [1.82, 2.24) is 9.55 Å². The highest BCUT2D eigenvalue weighted by Gasteiger charge is 2.34. The summed E-state index contributed by atoms with van der Waals surface area (Å²) in [6.45, 7) is 0.573. The van der Waals surface area contributed by atoms with Gasteiger partial charge in [-0.25, -0.2) is 4.98 Å². The molecule has 0 saturated heterocycles. The Bertz CT molecular complexity index is 1330. The summed E-state index contributed by atoms with van der Waals surface area (Å²) in [6, 6.07) is 20.2. The normalized spacial score (nSPS) is 14.6. The molecule has 156 valence electrons. The average molecular weight is 413 g/mol. The molecule has 5 rings (SSSR count). The van der Waals surface area contributed by atoms with Gasteiger partial charge >= 0.3 is 0 Å². The van der Waals surface area contributed by atoms with Gasteiger partial charge in [0.25, 0.3) is 0 Å². The van der Waals surface area contributed by atoms with E-state index in [-0.39, 0.29) is 12.5 Å². The minimum absolute atomic E-state index is 0.0603. The highest BCUT2D eigenvalue weighted by atomic mass is 16.5. The largest absolute Gasteiger partial charge is 0.496 e. The predicted molar refractivity (Wildman–Crippen MR) is 118 cm³/mol. The Morgan fingerprint density at radius 1 is 1.06 bits per heavy atom. The number of aliphatic hydroxyl groups is 1. The third kappa shape index (κ3) is 3.16. The van der Waals surface area contributed by atoms with Crippen LogP contribution in [0.15, 0.2) is 67.0 Å². The van der Waals surface area contributed by atoms with E-state index in [1.54, 1.807) is 18.0 Å². The Labute approximate surface area is 179 Å². The van der Waals surface area contributed by atoms with E-state index in [1.165, 1.54) is 0 Å². The van der Waals surface area contributed by atoms with Crippen LogP contribution < -0.4 is 15.0 Å². The molecule has 0 unspecified atom stereocenters. The van der Waals surface area contributed by atoms with Gasteiger partial charge in [-0.2, -0.15) is 0 Å². The van der Waals surface area contributed by atoms with Crippen molar-refractivity contribution in [1.29, 1.82) is 5.41 Å². The molecule has 0 aliphatic carbocycles. The van der Waals surface area contributed by atoms with Crippen molar-refractivity contribution in [2.45, 2.75) is 18.9 Å². The van der Waals surface area contributed by atoms with Crippen molar-refractivity contribution in [3.8, 4) is 17.4 Å². The van der Waals surface area contributed by atoms with E-state index in [0.29, 0.717) is 29.9 Å². The van der Waals surface area contributed by atoms with Gasteiger partial charge in [-0.3, -0.25) is 5.41 Å². The summed E-state index contributed by atoms with van der Waals surface area (Å²) >= 11 is 0. The Hall–Kier alpha value is -3.64. The fourth-order valence-corrected chi connectivity index (χ4v) is 4.34. The third-order valence-electron chi connectivity index (χ3n) is 5.80. The number of aromatic nitrogens is 2. The second-order valence-corrected chi connectivity index (χ2v) is 7.56. The fourth-order valence-electron chi connectivity index (χ4n) is 4.34. The molecule has 6 nitrogen and oxygen atoms in total. The third-order valence-corrected chi connectivity index (χ3v) is 5.80. The second-order valence-electron chi connectivity index (χ2n) is 7.56. The molecule has 0 amide bonds. The van der Waals surface area contributed by atoms with Crippen LogP contribution in [-0.4, -0.2) is 28.4 Å². The maximum absolute atomic E-state index is 9.25. The molecule has 0 spiro atoms. The summed E-state index contributed by atoms with van der Waals surface area (Å²) in [5.41, 5.74) is 2.97. The maximum atomic E-state index is 9.25. The first kappa shape index (κ1) is 19.3. The molecule has 0 radical (unpaired) electrons. The minimum atomic E-state index is -0.263. The molecule has 0 bridgehead atoms. The van der Waals surface area contributed by atoms with Crippen LogP contribution in [0.1, 0.15) is 29.0 Å². The molecule has 1 aromatic heterocycles. The second kappa shape index (κ2) is 7.89. The highest BCUT2D eigenvalue weighted by molar-refractivity contribution is 5.91. The van der Waals surface area contributed by atoms with E-state index in [2.05, 4.69) is 23.2 Å². The zero-order valence-electron chi connectivity index (χ0n) is 17.2. The topological polar surface area (TPSA) is 80.4 Å². The van der Waals surface area contributed by atoms with Crippen LogP contribution in [0.4, 0.5) is 0 Å². The van der Waals surface area contributed by atoms with Crippen LogP contribution in [0.3, 0.4) is 0 Å². The zero-order valence-corrected chi connectivity index (χ0v) is 17.2. The first-order chi connectivity index (χ1) is 15.2. The molecule has 2 heterocycles. The van der Waals surface area contributed by atoms with Crippen LogP contribution >= 0.6 is 0 Å². The van der Waals surface area contributed by atoms with Gasteiger partial charge in [-0.15, -0.1) is 0 Å². The lowest BCUT2D eigenvalue weighted by Gasteiger charge is -2.30. The van der Waals surface area contributed by atoms with E-state index in [4.69, 9.17) is 14.9 Å². The number of methoxy groups -OCH3 is 1. The highest BCUT2D eigenvalue weighted by Crippen LogP contribution is 2.49. The minimum Gasteiger partial charge on any atom is -0.496 e. The number of benzene rings is 3. The zero-order chi connectivity index (χ0) is 21.4. The van der Waals surface area contributed by atoms with Crippen molar-refractivity contribution in [3.05, 3.63) is 89.2 Å². The van der Waals surface area contributed by atoms with Crippen LogP contribution in [0, 0.1) is 5.41 Å². The molecular formula is C25H23N3O3. The van der Waals surface area contributed by atoms with E-state index >= 15 is 0 Å². The average Bonchev–Trinajstić information content (AvgIpc) is 2.82. The lowest BCUT2D eigenvalue weighted by Crippen LogP contribution is -2.30. The molecule has 0 fully saturated rings. The monoisotopic (exact) mass is 413 g/mol. The number of nitrogens with zero attached hydrogens (tertiary/aromatic N) is 2. The van der Waals surface area contributed by atoms with Gasteiger partial charge < -0.3 is 19.1 Å². The lowest BCUT2D eigenvalue weighted by atomic mass is 9.82. The molecule has 1 atom stereocenters. The summed E-state index contributed by atoms with van der Waals surface area (Å²) in [4.78, 5) is 4.57. The quantitative estimate of drug-likeness (QED) is 0.453. The molecule has 31 heavy (non-hydrogen) atoms. The SMILES string of the molecule is COc1ccccc1[C@H]1c2ccc3ccccc3c2Oc2ncn(CCCO)c(=N)c21. The van der Waals surface area contributed by atoms with Crippen LogP contribution in [0.2, 0.25) is 0 Å². The summed E-state index contributed by atoms with van der Waals surface area (Å²) < 4.78 is 13.8. The molecule has 0 saturated carbocycles. The van der Waals surface area contributed by atoms with Crippen molar-refractivity contribution < 1.29 is 14.6 Å². The van der Waals surface area contributed by atoms with Gasteiger partial charge in [0.2, 0.25) is 5.88 Å². The smallest absolute Gasteiger partial charge is 0.228 e. The number of aryl methyl sites for hydroxylation is 1. The summed E-state index contributed by atoms with van der Waals surface area (Å²) in [5, 5.41) is 20.3. The number of fused-ring (bicyclic) bond motifs is 4. The van der Waals surface area contributed by atoms with Gasteiger partial charge in [-0.1, -0.05) is 54.6 Å². The Morgan fingerprint density at radius 3 is 2.71 bits per heavy atom. The van der Waals surface area contributed by atoms with Gasteiger partial charge in [0.15, 0.2) is 0 Å². The molecule has 3 aromatic carbocycles. The maximum Gasteiger partial charge on any atom is 0.228 e. The van der Waals surface area contributed by atoms with E-state index in [1.807, 2.05) is 42.5 Å². The molecule has 4 aromatic rings. The predicted octanol–water partition coefficient (Wildman–Crippen LogP) is 4.19. The van der Waals surface area contributed by atoms with Crippen molar-refractivity contribution >= 4 is 10.8 Å². The van der Waals surface area contributed by atoms with Gasteiger partial charge in [0.1, 0.15) is 23.3 Å². The van der Waals surface area contributed by atoms with Gasteiger partial charge in [0, 0.05) is 29.7 Å². The number of para-hydroxylation sites is 1. The lowest BCUT2D eigenvalue weighted by molar-refractivity contribution is 0.278. The summed E-state index contributed by atoms with van der Waals surface area (Å²) in [5.74, 6) is 1.69. The number of hydrogen-bond donors (Lipinski definition) is 2. The number of rotatable bonds is 5. The van der Waals surface area contributed by atoms with Gasteiger partial charge in [-0.05, 0) is 17.9 Å². The number of hydrogen-bond acceptors (Lipinski definition) is 5. The van der Waals surface area contributed by atoms with Crippen molar-refractivity contribution in [2.24, 2.45) is 0 Å². The van der Waals surface area contributed by atoms with E-state index < -0.39 is 0 Å². The summed E-state index contributed by atoms with van der Waals surface area (Å²) in [6.07, 6.45) is 2.17. The number of nitrogens with one attached hydrogen (secondary N) is 1. The fraction of sp³-hybridized carbons (Fsp3) is 0.200. The standard InChI is InChI=1S/C25H23N3O3/c1-30-20-10-5-4-9-18(20)21-19-12-11-16-7-2-3-8-17(16)23(19)31-25-22(21)24(26)28(15-27-25)13-6-14-29/h2-5,7-12,15,21,26,29H,6,13-14H2,1H3/t21-/m0/s1. The first-order valence-corrected chi connectivity index (χ1v) is 10.3. The van der Waals surface area contributed by atoms with Crippen molar-refractivity contribution in [2.75, 3.05) is 13.7 Å².